The SMILES string of the molecule is CC(C)n1cc(NC(=O)c2cc(F)cc(-c3ccccc3CC(=O)O)c2)nn1. The summed E-state index contributed by atoms with van der Waals surface area (Å²) in [6.45, 7) is 3.85. The predicted molar refractivity (Wildman–Crippen MR) is 102 cm³/mol. The number of nitrogens with zero attached hydrogens (tertiary/aromatic N) is 3. The lowest BCUT2D eigenvalue weighted by Crippen LogP contribution is -2.13. The summed E-state index contributed by atoms with van der Waals surface area (Å²) in [5, 5.41) is 19.5. The minimum atomic E-state index is -0.991. The van der Waals surface area contributed by atoms with Crippen LogP contribution in [0.2, 0.25) is 0 Å². The van der Waals surface area contributed by atoms with Crippen molar-refractivity contribution in [1.29, 1.82) is 0 Å². The van der Waals surface area contributed by atoms with Crippen LogP contribution in [0.1, 0.15) is 35.8 Å². The Morgan fingerprint density at radius 1 is 1.21 bits per heavy atom. The van der Waals surface area contributed by atoms with Crippen molar-refractivity contribution in [3.05, 3.63) is 65.6 Å². The molecule has 2 aromatic carbocycles. The zero-order valence-electron chi connectivity index (χ0n) is 15.4. The molecule has 0 spiro atoms. The summed E-state index contributed by atoms with van der Waals surface area (Å²) in [7, 11) is 0. The second kappa shape index (κ2) is 7.99. The Morgan fingerprint density at radius 2 is 1.96 bits per heavy atom. The van der Waals surface area contributed by atoms with Gasteiger partial charge in [0.1, 0.15) is 5.82 Å². The number of halogens is 1. The molecule has 0 radical (unpaired) electrons. The number of amides is 1. The minimum Gasteiger partial charge on any atom is -0.481 e. The molecule has 1 aromatic heterocycles. The summed E-state index contributed by atoms with van der Waals surface area (Å²) >= 11 is 0. The first-order chi connectivity index (χ1) is 13.3. The zero-order valence-corrected chi connectivity index (χ0v) is 15.4. The molecular formula is C20H19FN4O3. The van der Waals surface area contributed by atoms with Gasteiger partial charge in [0.2, 0.25) is 0 Å². The predicted octanol–water partition coefficient (Wildman–Crippen LogP) is 3.54. The fourth-order valence-corrected chi connectivity index (χ4v) is 2.77. The van der Waals surface area contributed by atoms with Crippen molar-refractivity contribution in [2.24, 2.45) is 0 Å². The van der Waals surface area contributed by atoms with Crippen molar-refractivity contribution < 1.29 is 19.1 Å². The fourth-order valence-electron chi connectivity index (χ4n) is 2.77. The van der Waals surface area contributed by atoms with Gasteiger partial charge in [0.05, 0.1) is 12.6 Å². The number of anilines is 1. The van der Waals surface area contributed by atoms with E-state index in [-0.39, 0.29) is 23.8 Å². The highest BCUT2D eigenvalue weighted by molar-refractivity contribution is 6.04. The van der Waals surface area contributed by atoms with Crippen LogP contribution in [0.25, 0.3) is 11.1 Å². The second-order valence-electron chi connectivity index (χ2n) is 6.59. The van der Waals surface area contributed by atoms with Crippen LogP contribution in [0.15, 0.2) is 48.7 Å². The van der Waals surface area contributed by atoms with Crippen molar-refractivity contribution in [3.8, 4) is 11.1 Å². The maximum Gasteiger partial charge on any atom is 0.307 e. The van der Waals surface area contributed by atoms with Crippen molar-refractivity contribution in [1.82, 2.24) is 15.0 Å². The molecule has 0 atom stereocenters. The Kier molecular flexibility index (Phi) is 5.49. The number of benzene rings is 2. The number of carboxylic acids is 1. The molecule has 0 saturated heterocycles. The molecule has 0 aliphatic heterocycles. The topological polar surface area (TPSA) is 97.1 Å². The Labute approximate surface area is 160 Å². The van der Waals surface area contributed by atoms with Crippen LogP contribution in [0.4, 0.5) is 10.2 Å². The van der Waals surface area contributed by atoms with E-state index in [1.807, 2.05) is 13.8 Å². The molecule has 0 aliphatic carbocycles. The molecule has 0 bridgehead atoms. The molecule has 0 aliphatic rings. The zero-order chi connectivity index (χ0) is 20.3. The van der Waals surface area contributed by atoms with E-state index in [0.717, 1.165) is 6.07 Å². The van der Waals surface area contributed by atoms with Gasteiger partial charge >= 0.3 is 5.97 Å². The van der Waals surface area contributed by atoms with Crippen LogP contribution in [0, 0.1) is 5.82 Å². The van der Waals surface area contributed by atoms with Gasteiger partial charge in [-0.3, -0.25) is 9.59 Å². The van der Waals surface area contributed by atoms with Gasteiger partial charge in [0.15, 0.2) is 5.82 Å². The van der Waals surface area contributed by atoms with E-state index in [2.05, 4.69) is 15.6 Å². The third-order valence-corrected chi connectivity index (χ3v) is 4.11. The summed E-state index contributed by atoms with van der Waals surface area (Å²) in [5.74, 6) is -1.86. The molecule has 7 nitrogen and oxygen atoms in total. The van der Waals surface area contributed by atoms with Gasteiger partial charge in [-0.15, -0.1) is 5.10 Å². The summed E-state index contributed by atoms with van der Waals surface area (Å²) < 4.78 is 15.8. The molecule has 1 amide bonds. The molecule has 144 valence electrons. The van der Waals surface area contributed by atoms with Crippen LogP contribution in [0.3, 0.4) is 0 Å². The van der Waals surface area contributed by atoms with Crippen molar-refractivity contribution >= 4 is 17.7 Å². The number of hydrogen-bond donors (Lipinski definition) is 2. The van der Waals surface area contributed by atoms with Crippen LogP contribution < -0.4 is 5.32 Å². The highest BCUT2D eigenvalue weighted by Gasteiger charge is 2.15. The number of carbonyl (C=O) groups excluding carboxylic acids is 1. The van der Waals surface area contributed by atoms with Gasteiger partial charge in [0.25, 0.3) is 5.91 Å². The summed E-state index contributed by atoms with van der Waals surface area (Å²) in [5.41, 5.74) is 1.61. The number of carbonyl (C=O) groups is 2. The maximum atomic E-state index is 14.2. The lowest BCUT2D eigenvalue weighted by molar-refractivity contribution is -0.136. The lowest BCUT2D eigenvalue weighted by Gasteiger charge is -2.10. The molecule has 8 heteroatoms. The Hall–Kier alpha value is -3.55. The van der Waals surface area contributed by atoms with Gasteiger partial charge in [-0.25, -0.2) is 9.07 Å². The first-order valence-corrected chi connectivity index (χ1v) is 8.67. The van der Waals surface area contributed by atoms with Crippen LogP contribution >= 0.6 is 0 Å². The first-order valence-electron chi connectivity index (χ1n) is 8.67. The number of hydrogen-bond acceptors (Lipinski definition) is 4. The van der Waals surface area contributed by atoms with E-state index >= 15 is 0 Å². The van der Waals surface area contributed by atoms with Crippen LogP contribution in [-0.4, -0.2) is 32.0 Å². The quantitative estimate of drug-likeness (QED) is 0.680. The average Bonchev–Trinajstić information content (AvgIpc) is 3.10. The van der Waals surface area contributed by atoms with E-state index in [1.54, 1.807) is 35.1 Å². The third kappa shape index (κ3) is 4.40. The number of carboxylic acid groups (broad SMARTS) is 1. The van der Waals surface area contributed by atoms with E-state index < -0.39 is 17.7 Å². The largest absolute Gasteiger partial charge is 0.481 e. The molecule has 28 heavy (non-hydrogen) atoms. The van der Waals surface area contributed by atoms with Gasteiger partial charge in [-0.2, -0.15) is 0 Å². The number of aliphatic carboxylic acids is 1. The highest BCUT2D eigenvalue weighted by Crippen LogP contribution is 2.26. The summed E-state index contributed by atoms with van der Waals surface area (Å²) in [6.07, 6.45) is 1.39. The van der Waals surface area contributed by atoms with E-state index in [4.69, 9.17) is 5.11 Å². The van der Waals surface area contributed by atoms with Crippen LogP contribution in [-0.2, 0) is 11.2 Å². The number of aromatic nitrogens is 3. The average molecular weight is 382 g/mol. The van der Waals surface area contributed by atoms with Crippen molar-refractivity contribution in [3.63, 3.8) is 0 Å². The molecule has 3 aromatic rings. The van der Waals surface area contributed by atoms with Gasteiger partial charge in [0, 0.05) is 11.6 Å². The Balaban J connectivity index is 1.91. The number of nitrogens with one attached hydrogen (secondary N) is 1. The van der Waals surface area contributed by atoms with Crippen molar-refractivity contribution in [2.75, 3.05) is 5.32 Å². The van der Waals surface area contributed by atoms with Gasteiger partial charge in [-0.1, -0.05) is 29.5 Å². The minimum absolute atomic E-state index is 0.0876. The summed E-state index contributed by atoms with van der Waals surface area (Å²) in [6, 6.07) is 10.8. The summed E-state index contributed by atoms with van der Waals surface area (Å²) in [4.78, 5) is 23.6. The van der Waals surface area contributed by atoms with Gasteiger partial charge < -0.3 is 10.4 Å². The second-order valence-corrected chi connectivity index (χ2v) is 6.59. The Bertz CT molecular complexity index is 1030. The Morgan fingerprint density at radius 3 is 2.64 bits per heavy atom. The third-order valence-electron chi connectivity index (χ3n) is 4.11. The highest BCUT2D eigenvalue weighted by atomic mass is 19.1. The van der Waals surface area contributed by atoms with E-state index in [0.29, 0.717) is 16.7 Å². The van der Waals surface area contributed by atoms with Gasteiger partial charge in [-0.05, 0) is 48.7 Å². The molecule has 0 saturated carbocycles. The fraction of sp³-hybridized carbons (Fsp3) is 0.200. The standard InChI is InChI=1S/C20H19FN4O3/c1-12(2)25-11-18(23-24-25)22-20(28)15-7-14(8-16(21)9-15)17-6-4-3-5-13(17)10-19(26)27/h3-9,11-12H,10H2,1-2H3,(H,22,28)(H,26,27). The molecular weight excluding hydrogens is 363 g/mol. The van der Waals surface area contributed by atoms with Crippen molar-refractivity contribution in [2.45, 2.75) is 26.3 Å². The monoisotopic (exact) mass is 382 g/mol. The van der Waals surface area contributed by atoms with E-state index in [1.165, 1.54) is 12.1 Å². The number of rotatable bonds is 6. The molecule has 0 fully saturated rings. The molecule has 1 heterocycles. The smallest absolute Gasteiger partial charge is 0.307 e. The molecule has 2 N–H and O–H groups in total. The lowest BCUT2D eigenvalue weighted by atomic mass is 9.96. The first kappa shape index (κ1) is 19.2. The maximum absolute atomic E-state index is 14.2. The van der Waals surface area contributed by atoms with Crippen LogP contribution in [0.5, 0.6) is 0 Å². The normalized spacial score (nSPS) is 10.9. The molecule has 3 rings (SSSR count). The van der Waals surface area contributed by atoms with E-state index in [9.17, 15) is 14.0 Å². The molecule has 0 unspecified atom stereocenters.